The van der Waals surface area contributed by atoms with Crippen molar-refractivity contribution >= 4 is 22.1 Å². The summed E-state index contributed by atoms with van der Waals surface area (Å²) in [4.78, 5) is 17.2. The average molecular weight is 335 g/mol. The molecule has 0 spiro atoms. The Labute approximate surface area is 144 Å². The van der Waals surface area contributed by atoms with Crippen LogP contribution in [0.25, 0.3) is 10.8 Å². The summed E-state index contributed by atoms with van der Waals surface area (Å²) in [5, 5.41) is 12.7. The van der Waals surface area contributed by atoms with E-state index in [-0.39, 0.29) is 10.6 Å². The van der Waals surface area contributed by atoms with Crippen molar-refractivity contribution in [2.24, 2.45) is 0 Å². The number of rotatable bonds is 3. The number of non-ortho nitro benzene ring substituents is 1. The zero-order chi connectivity index (χ0) is 17.4. The van der Waals surface area contributed by atoms with E-state index in [1.165, 1.54) is 11.1 Å². The van der Waals surface area contributed by atoms with Crippen molar-refractivity contribution < 1.29 is 9.66 Å². The molecule has 0 fully saturated rings. The summed E-state index contributed by atoms with van der Waals surface area (Å²) in [6.07, 6.45) is 4.18. The Bertz CT molecular complexity index is 971. The van der Waals surface area contributed by atoms with E-state index in [0.717, 1.165) is 36.3 Å². The third-order valence-corrected chi connectivity index (χ3v) is 4.74. The maximum absolute atomic E-state index is 11.3. The molecular weight excluding hydrogens is 318 g/mol. The molecule has 0 unspecified atom stereocenters. The van der Waals surface area contributed by atoms with Gasteiger partial charge in [0.25, 0.3) is 5.69 Å². The number of hydrogen-bond donors (Lipinski definition) is 0. The standard InChI is InChI=1S/C19H17N3O3/c1-25-15-3-2-13-7-9-21(12-14(13)10-15)18-4-5-19(22(23)24)17-11-20-8-6-16(17)18/h2-6,8,10-11H,7,9,12H2,1H3. The van der Waals surface area contributed by atoms with Crippen LogP contribution in [0.3, 0.4) is 0 Å². The zero-order valence-electron chi connectivity index (χ0n) is 13.8. The van der Waals surface area contributed by atoms with E-state index in [4.69, 9.17) is 4.74 Å². The second-order valence-corrected chi connectivity index (χ2v) is 6.09. The number of nitrogens with zero attached hydrogens (tertiary/aromatic N) is 3. The summed E-state index contributed by atoms with van der Waals surface area (Å²) in [5.41, 5.74) is 3.64. The monoisotopic (exact) mass is 335 g/mol. The highest BCUT2D eigenvalue weighted by Gasteiger charge is 2.21. The van der Waals surface area contributed by atoms with E-state index in [1.54, 1.807) is 25.6 Å². The molecule has 1 aromatic heterocycles. The minimum absolute atomic E-state index is 0.0888. The molecule has 0 atom stereocenters. The number of ether oxygens (including phenoxy) is 1. The number of fused-ring (bicyclic) bond motifs is 2. The van der Waals surface area contributed by atoms with Gasteiger partial charge in [-0.2, -0.15) is 0 Å². The van der Waals surface area contributed by atoms with Gasteiger partial charge in [-0.25, -0.2) is 0 Å². The quantitative estimate of drug-likeness (QED) is 0.539. The van der Waals surface area contributed by atoms with Crippen LogP contribution in [0.5, 0.6) is 5.75 Å². The maximum Gasteiger partial charge on any atom is 0.278 e. The van der Waals surface area contributed by atoms with Crippen LogP contribution in [0.15, 0.2) is 48.8 Å². The first-order chi connectivity index (χ1) is 12.2. The van der Waals surface area contributed by atoms with Crippen LogP contribution in [0.2, 0.25) is 0 Å². The number of nitro groups is 1. The van der Waals surface area contributed by atoms with Crippen LogP contribution in [0.1, 0.15) is 11.1 Å². The highest BCUT2D eigenvalue weighted by Crippen LogP contribution is 2.35. The first-order valence-corrected chi connectivity index (χ1v) is 8.09. The van der Waals surface area contributed by atoms with Crippen LogP contribution < -0.4 is 9.64 Å². The first kappa shape index (κ1) is 15.4. The number of methoxy groups -OCH3 is 1. The largest absolute Gasteiger partial charge is 0.497 e. The Balaban J connectivity index is 1.78. The number of pyridine rings is 1. The van der Waals surface area contributed by atoms with Crippen molar-refractivity contribution in [3.05, 3.63) is 70.0 Å². The highest BCUT2D eigenvalue weighted by molar-refractivity contribution is 5.99. The fourth-order valence-corrected chi connectivity index (χ4v) is 3.46. The van der Waals surface area contributed by atoms with Crippen LogP contribution >= 0.6 is 0 Å². The normalized spacial score (nSPS) is 13.6. The van der Waals surface area contributed by atoms with Crippen molar-refractivity contribution in [2.45, 2.75) is 13.0 Å². The molecule has 126 valence electrons. The minimum Gasteiger partial charge on any atom is -0.497 e. The predicted octanol–water partition coefficient (Wildman–Crippen LogP) is 3.71. The summed E-state index contributed by atoms with van der Waals surface area (Å²) in [5.74, 6) is 0.846. The van der Waals surface area contributed by atoms with E-state index in [2.05, 4.69) is 22.0 Å². The fraction of sp³-hybridized carbons (Fsp3) is 0.211. The Morgan fingerprint density at radius 1 is 1.16 bits per heavy atom. The van der Waals surface area contributed by atoms with Crippen molar-refractivity contribution in [1.82, 2.24) is 4.98 Å². The van der Waals surface area contributed by atoms with Crippen molar-refractivity contribution in [1.29, 1.82) is 0 Å². The summed E-state index contributed by atoms with van der Waals surface area (Å²) in [6, 6.07) is 11.4. The number of anilines is 1. The third kappa shape index (κ3) is 2.65. The van der Waals surface area contributed by atoms with Gasteiger partial charge in [0.1, 0.15) is 5.75 Å². The predicted molar refractivity (Wildman–Crippen MR) is 96.1 cm³/mol. The molecule has 6 heteroatoms. The van der Waals surface area contributed by atoms with Gasteiger partial charge in [0.15, 0.2) is 0 Å². The molecule has 3 aromatic rings. The van der Waals surface area contributed by atoms with Gasteiger partial charge in [0.05, 0.1) is 17.4 Å². The van der Waals surface area contributed by atoms with Gasteiger partial charge in [-0.3, -0.25) is 15.1 Å². The van der Waals surface area contributed by atoms with Crippen LogP contribution in [-0.4, -0.2) is 23.6 Å². The first-order valence-electron chi connectivity index (χ1n) is 8.09. The lowest BCUT2D eigenvalue weighted by Gasteiger charge is -2.31. The van der Waals surface area contributed by atoms with E-state index >= 15 is 0 Å². The molecule has 2 aromatic carbocycles. The van der Waals surface area contributed by atoms with Gasteiger partial charge in [-0.15, -0.1) is 0 Å². The Hall–Kier alpha value is -3.15. The number of benzene rings is 2. The molecule has 1 aliphatic heterocycles. The Morgan fingerprint density at radius 3 is 2.84 bits per heavy atom. The van der Waals surface area contributed by atoms with Crippen molar-refractivity contribution in [3.8, 4) is 5.75 Å². The molecule has 0 aliphatic carbocycles. The van der Waals surface area contributed by atoms with Gasteiger partial charge in [0.2, 0.25) is 0 Å². The van der Waals surface area contributed by atoms with E-state index in [1.807, 2.05) is 18.2 Å². The lowest BCUT2D eigenvalue weighted by Crippen LogP contribution is -2.30. The number of hydrogen-bond acceptors (Lipinski definition) is 5. The second kappa shape index (κ2) is 6.05. The lowest BCUT2D eigenvalue weighted by molar-refractivity contribution is -0.383. The molecule has 0 saturated carbocycles. The van der Waals surface area contributed by atoms with Gasteiger partial charge < -0.3 is 9.64 Å². The van der Waals surface area contributed by atoms with Crippen molar-refractivity contribution in [2.75, 3.05) is 18.6 Å². The summed E-state index contributed by atoms with van der Waals surface area (Å²) >= 11 is 0. The zero-order valence-corrected chi connectivity index (χ0v) is 13.8. The Kier molecular flexibility index (Phi) is 3.72. The molecular formula is C19H17N3O3. The molecule has 0 N–H and O–H groups in total. The van der Waals surface area contributed by atoms with Gasteiger partial charge in [-0.1, -0.05) is 6.07 Å². The molecule has 0 bridgehead atoms. The number of nitro benzene ring substituents is 1. The van der Waals surface area contributed by atoms with Crippen LogP contribution in [0.4, 0.5) is 11.4 Å². The summed E-state index contributed by atoms with van der Waals surface area (Å²) in [7, 11) is 1.67. The molecule has 0 radical (unpaired) electrons. The molecule has 4 rings (SSSR count). The van der Waals surface area contributed by atoms with Crippen LogP contribution in [0, 0.1) is 10.1 Å². The molecule has 2 heterocycles. The molecule has 0 saturated heterocycles. The summed E-state index contributed by atoms with van der Waals surface area (Å²) < 4.78 is 5.33. The topological polar surface area (TPSA) is 68.5 Å². The average Bonchev–Trinajstić information content (AvgIpc) is 2.66. The lowest BCUT2D eigenvalue weighted by atomic mass is 9.98. The molecule has 0 amide bonds. The van der Waals surface area contributed by atoms with Crippen LogP contribution in [-0.2, 0) is 13.0 Å². The minimum atomic E-state index is -0.357. The Morgan fingerprint density at radius 2 is 2.04 bits per heavy atom. The molecule has 1 aliphatic rings. The second-order valence-electron chi connectivity index (χ2n) is 6.09. The van der Waals surface area contributed by atoms with Gasteiger partial charge in [-0.05, 0) is 41.8 Å². The van der Waals surface area contributed by atoms with Crippen molar-refractivity contribution in [3.63, 3.8) is 0 Å². The smallest absolute Gasteiger partial charge is 0.278 e. The molecule has 25 heavy (non-hydrogen) atoms. The third-order valence-electron chi connectivity index (χ3n) is 4.74. The number of aromatic nitrogens is 1. The SMILES string of the molecule is COc1ccc2c(c1)CN(c1ccc([N+](=O)[O-])c3cnccc13)CC2. The maximum atomic E-state index is 11.3. The van der Waals surface area contributed by atoms with Gasteiger partial charge in [0, 0.05) is 42.6 Å². The molecule has 6 nitrogen and oxygen atoms in total. The van der Waals surface area contributed by atoms with E-state index in [0.29, 0.717) is 5.39 Å². The van der Waals surface area contributed by atoms with E-state index < -0.39 is 0 Å². The fourth-order valence-electron chi connectivity index (χ4n) is 3.46. The van der Waals surface area contributed by atoms with Gasteiger partial charge >= 0.3 is 0 Å². The highest BCUT2D eigenvalue weighted by atomic mass is 16.6. The summed E-state index contributed by atoms with van der Waals surface area (Å²) in [6.45, 7) is 1.62. The van der Waals surface area contributed by atoms with E-state index in [9.17, 15) is 10.1 Å².